The summed E-state index contributed by atoms with van der Waals surface area (Å²) >= 11 is 3.54. The van der Waals surface area contributed by atoms with Gasteiger partial charge in [-0.25, -0.2) is 9.37 Å². The van der Waals surface area contributed by atoms with E-state index in [2.05, 4.69) is 32.9 Å². The molecule has 0 aliphatic heterocycles. The Kier molecular flexibility index (Phi) is 5.50. The summed E-state index contributed by atoms with van der Waals surface area (Å²) in [4.78, 5) is 18.2. The molecule has 0 saturated carbocycles. The normalized spacial score (nSPS) is 10.6. The molecule has 3 aromatic carbocycles. The predicted molar refractivity (Wildman–Crippen MR) is 120 cm³/mol. The molecule has 0 aliphatic carbocycles. The van der Waals surface area contributed by atoms with Crippen LogP contribution in [0.1, 0.15) is 10.4 Å². The van der Waals surface area contributed by atoms with Crippen LogP contribution in [0.25, 0.3) is 21.7 Å². The van der Waals surface area contributed by atoms with Gasteiger partial charge in [0.05, 0.1) is 16.1 Å². The second-order valence-electron chi connectivity index (χ2n) is 6.00. The third-order valence-electron chi connectivity index (χ3n) is 4.12. The molecule has 4 aromatic rings. The first-order valence-electron chi connectivity index (χ1n) is 8.50. The molecule has 1 heterocycles. The molecule has 6 heteroatoms. The van der Waals surface area contributed by atoms with E-state index in [1.165, 1.54) is 23.5 Å². The number of amides is 1. The van der Waals surface area contributed by atoms with E-state index in [-0.39, 0.29) is 11.7 Å². The quantitative estimate of drug-likeness (QED) is 0.327. The fraction of sp³-hybridized carbons (Fsp3) is 0. The smallest absolute Gasteiger partial charge is 0.258 e. The molecular formula is C22H14FIN2OS. The summed E-state index contributed by atoms with van der Waals surface area (Å²) < 4.78 is 14.2. The van der Waals surface area contributed by atoms with Crippen LogP contribution in [-0.4, -0.2) is 10.9 Å². The van der Waals surface area contributed by atoms with Crippen LogP contribution in [0.5, 0.6) is 0 Å². The van der Waals surface area contributed by atoms with Gasteiger partial charge in [0, 0.05) is 9.13 Å². The molecule has 1 aromatic heterocycles. The number of rotatable bonds is 4. The number of hydrogen-bond donors (Lipinski definition) is 1. The van der Waals surface area contributed by atoms with Gasteiger partial charge < -0.3 is 0 Å². The molecule has 3 nitrogen and oxygen atoms in total. The van der Waals surface area contributed by atoms with Crippen molar-refractivity contribution >= 4 is 45.0 Å². The first kappa shape index (κ1) is 18.8. The monoisotopic (exact) mass is 500 g/mol. The molecule has 28 heavy (non-hydrogen) atoms. The SMILES string of the molecule is O=C(Nc1nc(-c2ccc(F)cc2)c(-c2ccccc2)s1)c1ccccc1I. The molecule has 0 atom stereocenters. The molecule has 0 aliphatic rings. The Hall–Kier alpha value is -2.58. The van der Waals surface area contributed by atoms with Gasteiger partial charge in [0.1, 0.15) is 5.82 Å². The summed E-state index contributed by atoms with van der Waals surface area (Å²) in [7, 11) is 0. The second kappa shape index (κ2) is 8.20. The number of carbonyl (C=O) groups excluding carboxylic acids is 1. The van der Waals surface area contributed by atoms with Gasteiger partial charge >= 0.3 is 0 Å². The number of nitrogens with one attached hydrogen (secondary N) is 1. The third-order valence-corrected chi connectivity index (χ3v) is 6.08. The third kappa shape index (κ3) is 3.98. The lowest BCUT2D eigenvalue weighted by Gasteiger charge is -2.03. The minimum Gasteiger partial charge on any atom is -0.298 e. The minimum atomic E-state index is -0.299. The molecule has 0 bridgehead atoms. The molecule has 0 radical (unpaired) electrons. The minimum absolute atomic E-state index is 0.205. The molecule has 1 amide bonds. The van der Waals surface area contributed by atoms with Crippen LogP contribution in [0.4, 0.5) is 9.52 Å². The summed E-state index contributed by atoms with van der Waals surface area (Å²) in [5.41, 5.74) is 3.11. The number of hydrogen-bond acceptors (Lipinski definition) is 3. The highest BCUT2D eigenvalue weighted by molar-refractivity contribution is 14.1. The van der Waals surface area contributed by atoms with Crippen LogP contribution >= 0.6 is 33.9 Å². The Bertz CT molecular complexity index is 1130. The maximum Gasteiger partial charge on any atom is 0.258 e. The zero-order valence-corrected chi connectivity index (χ0v) is 17.5. The summed E-state index contributed by atoms with van der Waals surface area (Å²) in [6.07, 6.45) is 0. The molecule has 4 rings (SSSR count). The van der Waals surface area contributed by atoms with E-state index in [4.69, 9.17) is 0 Å². The molecular weight excluding hydrogens is 486 g/mol. The number of thiazole rings is 1. The van der Waals surface area contributed by atoms with E-state index >= 15 is 0 Å². The van der Waals surface area contributed by atoms with Crippen LogP contribution in [0.3, 0.4) is 0 Å². The van der Waals surface area contributed by atoms with Crippen molar-refractivity contribution in [1.29, 1.82) is 0 Å². The zero-order valence-electron chi connectivity index (χ0n) is 14.5. The van der Waals surface area contributed by atoms with Gasteiger partial charge in [-0.3, -0.25) is 10.1 Å². The van der Waals surface area contributed by atoms with Crippen LogP contribution < -0.4 is 5.32 Å². The van der Waals surface area contributed by atoms with Gasteiger partial charge in [-0.15, -0.1) is 0 Å². The van der Waals surface area contributed by atoms with Gasteiger partial charge in [-0.05, 0) is 64.6 Å². The van der Waals surface area contributed by atoms with Crippen molar-refractivity contribution in [1.82, 2.24) is 4.98 Å². The highest BCUT2D eigenvalue weighted by Gasteiger charge is 2.18. The lowest BCUT2D eigenvalue weighted by Crippen LogP contribution is -2.13. The number of anilines is 1. The van der Waals surface area contributed by atoms with Gasteiger partial charge in [0.15, 0.2) is 5.13 Å². The van der Waals surface area contributed by atoms with E-state index in [0.717, 1.165) is 19.6 Å². The van der Waals surface area contributed by atoms with E-state index in [1.807, 2.05) is 48.5 Å². The van der Waals surface area contributed by atoms with Crippen LogP contribution in [0, 0.1) is 9.39 Å². The maximum atomic E-state index is 13.4. The fourth-order valence-electron chi connectivity index (χ4n) is 2.77. The van der Waals surface area contributed by atoms with E-state index < -0.39 is 0 Å². The summed E-state index contributed by atoms with van der Waals surface area (Å²) in [5.74, 6) is -0.503. The van der Waals surface area contributed by atoms with Gasteiger partial charge in [-0.1, -0.05) is 53.8 Å². The molecule has 0 saturated heterocycles. The molecule has 138 valence electrons. The van der Waals surface area contributed by atoms with Crippen molar-refractivity contribution in [2.24, 2.45) is 0 Å². The number of benzene rings is 3. The Morgan fingerprint density at radius 3 is 2.29 bits per heavy atom. The van der Waals surface area contributed by atoms with Crippen LogP contribution in [-0.2, 0) is 0 Å². The van der Waals surface area contributed by atoms with Crippen molar-refractivity contribution in [2.45, 2.75) is 0 Å². The van der Waals surface area contributed by atoms with Crippen molar-refractivity contribution in [3.63, 3.8) is 0 Å². The van der Waals surface area contributed by atoms with Crippen molar-refractivity contribution in [2.75, 3.05) is 5.32 Å². The Morgan fingerprint density at radius 2 is 1.57 bits per heavy atom. The van der Waals surface area contributed by atoms with Crippen LogP contribution in [0.2, 0.25) is 0 Å². The van der Waals surface area contributed by atoms with E-state index in [1.54, 1.807) is 18.2 Å². The van der Waals surface area contributed by atoms with Gasteiger partial charge in [0.25, 0.3) is 5.91 Å². The highest BCUT2D eigenvalue weighted by atomic mass is 127. The number of halogens is 2. The Labute approximate surface area is 179 Å². The fourth-order valence-corrected chi connectivity index (χ4v) is 4.39. The lowest BCUT2D eigenvalue weighted by molar-refractivity contribution is 0.102. The predicted octanol–water partition coefficient (Wildman–Crippen LogP) is 6.47. The molecule has 0 fully saturated rings. The number of carbonyl (C=O) groups is 1. The average molecular weight is 500 g/mol. The molecule has 0 unspecified atom stereocenters. The van der Waals surface area contributed by atoms with Crippen molar-refractivity contribution in [3.05, 3.63) is 93.8 Å². The maximum absolute atomic E-state index is 13.4. The standard InChI is InChI=1S/C22H14FIN2OS/c23-16-12-10-14(11-13-16)19-20(15-6-2-1-3-7-15)28-22(25-19)26-21(27)17-8-4-5-9-18(17)24/h1-13H,(H,25,26,27). The first-order chi connectivity index (χ1) is 13.6. The largest absolute Gasteiger partial charge is 0.298 e. The molecule has 1 N–H and O–H groups in total. The van der Waals surface area contributed by atoms with E-state index in [0.29, 0.717) is 16.4 Å². The summed E-state index contributed by atoms with van der Waals surface area (Å²) in [6.45, 7) is 0. The first-order valence-corrected chi connectivity index (χ1v) is 10.4. The summed E-state index contributed by atoms with van der Waals surface area (Å²) in [6, 6.07) is 23.4. The topological polar surface area (TPSA) is 42.0 Å². The number of nitrogens with zero attached hydrogens (tertiary/aromatic N) is 1. The lowest BCUT2D eigenvalue weighted by atomic mass is 10.1. The summed E-state index contributed by atoms with van der Waals surface area (Å²) in [5, 5.41) is 3.40. The highest BCUT2D eigenvalue weighted by Crippen LogP contribution is 2.39. The average Bonchev–Trinajstić information content (AvgIpc) is 3.13. The Morgan fingerprint density at radius 1 is 0.893 bits per heavy atom. The van der Waals surface area contributed by atoms with Gasteiger partial charge in [-0.2, -0.15) is 0 Å². The van der Waals surface area contributed by atoms with E-state index in [9.17, 15) is 9.18 Å². The van der Waals surface area contributed by atoms with Crippen LogP contribution in [0.15, 0.2) is 78.9 Å². The van der Waals surface area contributed by atoms with Crippen molar-refractivity contribution < 1.29 is 9.18 Å². The van der Waals surface area contributed by atoms with Gasteiger partial charge in [0.2, 0.25) is 0 Å². The number of aromatic nitrogens is 1. The zero-order chi connectivity index (χ0) is 19.5. The second-order valence-corrected chi connectivity index (χ2v) is 8.16. The van der Waals surface area contributed by atoms with Crippen molar-refractivity contribution in [3.8, 4) is 21.7 Å². The molecule has 0 spiro atoms. The Balaban J connectivity index is 1.74.